The smallest absolute Gasteiger partial charge is 0.139 e. The van der Waals surface area contributed by atoms with Gasteiger partial charge in [-0.25, -0.2) is 0 Å². The van der Waals surface area contributed by atoms with E-state index in [9.17, 15) is 0 Å². The van der Waals surface area contributed by atoms with Gasteiger partial charge in [0.05, 0.1) is 4.47 Å². The molecule has 0 aromatic heterocycles. The van der Waals surface area contributed by atoms with Crippen LogP contribution in [-0.4, -0.2) is 0 Å². The van der Waals surface area contributed by atoms with Gasteiger partial charge < -0.3 is 10.1 Å². The fourth-order valence-electron chi connectivity index (χ4n) is 3.53. The Labute approximate surface area is 194 Å². The minimum atomic E-state index is 0.514. The molecule has 4 heteroatoms. The second-order valence-corrected chi connectivity index (χ2v) is 8.98. The number of aryl methyl sites for hydroxylation is 1. The molecular formula is C26H23Br2NO. The van der Waals surface area contributed by atoms with Crippen molar-refractivity contribution in [3.05, 3.63) is 104 Å². The summed E-state index contributed by atoms with van der Waals surface area (Å²) >= 11 is 7.29. The van der Waals surface area contributed by atoms with Crippen molar-refractivity contribution < 1.29 is 4.74 Å². The first-order chi connectivity index (χ1) is 14.6. The number of hydrogen-bond donors (Lipinski definition) is 1. The van der Waals surface area contributed by atoms with Crippen LogP contribution >= 0.6 is 31.9 Å². The van der Waals surface area contributed by atoms with Crippen LogP contribution in [0.4, 0.5) is 5.69 Å². The normalized spacial score (nSPS) is 10.9. The lowest BCUT2D eigenvalue weighted by Crippen LogP contribution is -2.05. The average molecular weight is 525 g/mol. The second-order valence-electron chi connectivity index (χ2n) is 7.21. The quantitative estimate of drug-likeness (QED) is 0.263. The van der Waals surface area contributed by atoms with Crippen LogP contribution in [0.2, 0.25) is 0 Å². The van der Waals surface area contributed by atoms with Crippen molar-refractivity contribution in [2.75, 3.05) is 5.32 Å². The number of nitrogens with one attached hydrogen (secondary N) is 1. The zero-order valence-corrected chi connectivity index (χ0v) is 20.0. The Bertz CT molecular complexity index is 1150. The maximum atomic E-state index is 6.33. The van der Waals surface area contributed by atoms with E-state index >= 15 is 0 Å². The predicted molar refractivity (Wildman–Crippen MR) is 133 cm³/mol. The second kappa shape index (κ2) is 9.67. The zero-order chi connectivity index (χ0) is 20.9. The van der Waals surface area contributed by atoms with Gasteiger partial charge in [-0.05, 0) is 68.5 Å². The van der Waals surface area contributed by atoms with Crippen LogP contribution in [0.25, 0.3) is 10.8 Å². The number of benzene rings is 4. The summed E-state index contributed by atoms with van der Waals surface area (Å²) in [6, 6.07) is 27.5. The lowest BCUT2D eigenvalue weighted by atomic mass is 10.1. The topological polar surface area (TPSA) is 21.3 Å². The van der Waals surface area contributed by atoms with Gasteiger partial charge in [-0.3, -0.25) is 0 Å². The number of rotatable bonds is 7. The fraction of sp³-hybridized carbons (Fsp3) is 0.154. The van der Waals surface area contributed by atoms with Crippen molar-refractivity contribution in [1.82, 2.24) is 0 Å². The van der Waals surface area contributed by atoms with Gasteiger partial charge in [0.2, 0.25) is 0 Å². The maximum Gasteiger partial charge on any atom is 0.139 e. The molecule has 2 nitrogen and oxygen atoms in total. The molecule has 4 aromatic carbocycles. The maximum absolute atomic E-state index is 6.33. The fourth-order valence-corrected chi connectivity index (χ4v) is 4.96. The number of hydrogen-bond acceptors (Lipinski definition) is 2. The number of halogens is 2. The van der Waals surface area contributed by atoms with Gasteiger partial charge in [0.25, 0.3) is 0 Å². The molecule has 0 heterocycles. The van der Waals surface area contributed by atoms with E-state index in [1.54, 1.807) is 0 Å². The van der Waals surface area contributed by atoms with Gasteiger partial charge in [0.1, 0.15) is 12.4 Å². The molecule has 0 atom stereocenters. The van der Waals surface area contributed by atoms with Crippen LogP contribution in [0.5, 0.6) is 5.75 Å². The minimum absolute atomic E-state index is 0.514. The summed E-state index contributed by atoms with van der Waals surface area (Å²) in [6.45, 7) is 3.36. The van der Waals surface area contributed by atoms with Gasteiger partial charge in [0, 0.05) is 22.3 Å². The predicted octanol–water partition coefficient (Wildman–Crippen LogP) is 8.12. The van der Waals surface area contributed by atoms with Crippen LogP contribution < -0.4 is 10.1 Å². The van der Waals surface area contributed by atoms with Crippen molar-refractivity contribution >= 4 is 48.3 Å². The van der Waals surface area contributed by atoms with Gasteiger partial charge in [-0.1, -0.05) is 77.5 Å². The summed E-state index contributed by atoms with van der Waals surface area (Å²) in [5, 5.41) is 5.97. The first-order valence-corrected chi connectivity index (χ1v) is 11.6. The van der Waals surface area contributed by atoms with Crippen molar-refractivity contribution in [3.63, 3.8) is 0 Å². The average Bonchev–Trinajstić information content (AvgIpc) is 2.77. The number of anilines is 1. The summed E-state index contributed by atoms with van der Waals surface area (Å²) in [6.07, 6.45) is 1.05. The molecule has 152 valence electrons. The van der Waals surface area contributed by atoms with E-state index in [-0.39, 0.29) is 0 Å². The van der Waals surface area contributed by atoms with Crippen LogP contribution in [0.1, 0.15) is 23.6 Å². The third-order valence-electron chi connectivity index (χ3n) is 5.18. The molecule has 0 saturated heterocycles. The van der Waals surface area contributed by atoms with Crippen molar-refractivity contribution in [3.8, 4) is 5.75 Å². The highest BCUT2D eigenvalue weighted by Gasteiger charge is 2.12. The Morgan fingerprint density at radius 2 is 1.60 bits per heavy atom. The van der Waals surface area contributed by atoms with Crippen molar-refractivity contribution in [1.29, 1.82) is 0 Å². The van der Waals surface area contributed by atoms with E-state index in [1.165, 1.54) is 21.9 Å². The molecule has 0 fully saturated rings. The summed E-state index contributed by atoms with van der Waals surface area (Å²) in [4.78, 5) is 0. The van der Waals surface area contributed by atoms with E-state index in [1.807, 2.05) is 6.07 Å². The number of ether oxygens (including phenoxy) is 1. The highest BCUT2D eigenvalue weighted by molar-refractivity contribution is 9.11. The highest BCUT2D eigenvalue weighted by atomic mass is 79.9. The first kappa shape index (κ1) is 21.0. The molecule has 4 aromatic rings. The van der Waals surface area contributed by atoms with Gasteiger partial charge in [-0.2, -0.15) is 0 Å². The summed E-state index contributed by atoms with van der Waals surface area (Å²) in [7, 11) is 0. The molecule has 0 radical (unpaired) electrons. The van der Waals surface area contributed by atoms with E-state index in [0.717, 1.165) is 32.4 Å². The molecule has 0 aliphatic carbocycles. The highest BCUT2D eigenvalue weighted by Crippen LogP contribution is 2.34. The summed E-state index contributed by atoms with van der Waals surface area (Å²) in [5.74, 6) is 0.865. The van der Waals surface area contributed by atoms with E-state index in [2.05, 4.69) is 117 Å². The van der Waals surface area contributed by atoms with Crippen LogP contribution in [0.15, 0.2) is 87.8 Å². The SMILES string of the molecule is CCc1ccc(NCc2cc(Br)cc(Br)c2OCc2cccc3ccccc23)cc1. The molecule has 0 unspecified atom stereocenters. The van der Waals surface area contributed by atoms with Gasteiger partial charge >= 0.3 is 0 Å². The third kappa shape index (κ3) is 4.88. The largest absolute Gasteiger partial charge is 0.487 e. The van der Waals surface area contributed by atoms with Gasteiger partial charge in [-0.15, -0.1) is 0 Å². The summed E-state index contributed by atoms with van der Waals surface area (Å²) < 4.78 is 8.29. The monoisotopic (exact) mass is 523 g/mol. The Kier molecular flexibility index (Phi) is 6.76. The van der Waals surface area contributed by atoms with Crippen molar-refractivity contribution in [2.24, 2.45) is 0 Å². The van der Waals surface area contributed by atoms with E-state index in [4.69, 9.17) is 4.74 Å². The Morgan fingerprint density at radius 3 is 2.40 bits per heavy atom. The Balaban J connectivity index is 1.55. The molecular weight excluding hydrogens is 502 g/mol. The van der Waals surface area contributed by atoms with Crippen LogP contribution in [-0.2, 0) is 19.6 Å². The van der Waals surface area contributed by atoms with Crippen LogP contribution in [0.3, 0.4) is 0 Å². The standard InChI is InChI=1S/C26H23Br2NO/c1-2-18-10-12-23(13-11-18)29-16-21-14-22(27)15-25(28)26(21)30-17-20-8-5-7-19-6-3-4-9-24(19)20/h3-15,29H,2,16-17H2,1H3. The first-order valence-electron chi connectivity index (χ1n) is 10.0. The minimum Gasteiger partial charge on any atom is -0.487 e. The molecule has 0 aliphatic heterocycles. The molecule has 1 N–H and O–H groups in total. The lowest BCUT2D eigenvalue weighted by molar-refractivity contribution is 0.302. The Morgan fingerprint density at radius 1 is 0.833 bits per heavy atom. The Hall–Kier alpha value is -2.30. The summed E-state index contributed by atoms with van der Waals surface area (Å²) in [5.41, 5.74) is 4.71. The van der Waals surface area contributed by atoms with E-state index < -0.39 is 0 Å². The molecule has 0 spiro atoms. The molecule has 0 aliphatic rings. The molecule has 0 saturated carbocycles. The molecule has 4 rings (SSSR count). The van der Waals surface area contributed by atoms with Gasteiger partial charge in [0.15, 0.2) is 0 Å². The zero-order valence-electron chi connectivity index (χ0n) is 16.8. The lowest BCUT2D eigenvalue weighted by Gasteiger charge is -2.16. The van der Waals surface area contributed by atoms with Crippen molar-refractivity contribution in [2.45, 2.75) is 26.5 Å². The molecule has 0 amide bonds. The van der Waals surface area contributed by atoms with Crippen LogP contribution in [0, 0.1) is 0 Å². The molecule has 0 bridgehead atoms. The number of fused-ring (bicyclic) bond motifs is 1. The van der Waals surface area contributed by atoms with E-state index in [0.29, 0.717) is 13.2 Å². The molecule has 30 heavy (non-hydrogen) atoms. The third-order valence-corrected chi connectivity index (χ3v) is 6.23.